The molecule has 4 rings (SSSR count). The Hall–Kier alpha value is -2.88. The summed E-state index contributed by atoms with van der Waals surface area (Å²) in [5.74, 6) is -0.0184. The largest absolute Gasteiger partial charge is 0.330 e. The molecular formula is C16H16N6O3S. The van der Waals surface area contributed by atoms with Gasteiger partial charge in [-0.25, -0.2) is 14.6 Å². The highest BCUT2D eigenvalue weighted by Crippen LogP contribution is 2.32. The molecule has 1 N–H and O–H groups in total. The van der Waals surface area contributed by atoms with Crippen LogP contribution in [0.2, 0.25) is 0 Å². The molecule has 1 fully saturated rings. The quantitative estimate of drug-likeness (QED) is 0.745. The number of nitrogens with zero attached hydrogens (tertiary/aromatic N) is 5. The molecule has 0 unspecified atom stereocenters. The first-order chi connectivity index (χ1) is 12.5. The average Bonchev–Trinajstić information content (AvgIpc) is 3.34. The van der Waals surface area contributed by atoms with Crippen molar-refractivity contribution in [3.05, 3.63) is 43.9 Å². The SMILES string of the molecule is Cc1nc(-c2ncc(C(=O)N3CCC[C@@H]3c3nonc3C)c(=O)[nH]2)cs1. The molecule has 0 spiro atoms. The molecule has 3 aromatic heterocycles. The van der Waals surface area contributed by atoms with Crippen LogP contribution >= 0.6 is 11.3 Å². The number of H-pyrrole nitrogens is 1. The second kappa shape index (κ2) is 6.45. The van der Waals surface area contributed by atoms with Gasteiger partial charge in [-0.1, -0.05) is 10.3 Å². The van der Waals surface area contributed by atoms with Crippen LogP contribution in [0.15, 0.2) is 21.0 Å². The predicted octanol–water partition coefficient (Wildman–Crippen LogP) is 1.87. The van der Waals surface area contributed by atoms with Gasteiger partial charge in [0.15, 0.2) is 5.82 Å². The monoisotopic (exact) mass is 372 g/mol. The fraction of sp³-hybridized carbons (Fsp3) is 0.375. The van der Waals surface area contributed by atoms with Crippen LogP contribution < -0.4 is 5.56 Å². The number of aryl methyl sites for hydroxylation is 2. The Morgan fingerprint density at radius 1 is 1.38 bits per heavy atom. The Balaban J connectivity index is 1.64. The third kappa shape index (κ3) is 2.81. The number of aromatic amines is 1. The number of nitrogens with one attached hydrogen (secondary N) is 1. The standard InChI is InChI=1S/C16H16N6O3S/c1-8-13(21-25-20-8)12-4-3-5-22(12)16(24)10-6-17-14(19-15(10)23)11-7-26-9(2)18-11/h6-7,12H,3-5H2,1-2H3,(H,17,19,23)/t12-/m1/s1. The maximum Gasteiger partial charge on any atom is 0.264 e. The van der Waals surface area contributed by atoms with Gasteiger partial charge in [0, 0.05) is 18.1 Å². The van der Waals surface area contributed by atoms with Crippen molar-refractivity contribution in [3.63, 3.8) is 0 Å². The van der Waals surface area contributed by atoms with Crippen molar-refractivity contribution in [1.29, 1.82) is 0 Å². The smallest absolute Gasteiger partial charge is 0.264 e. The summed E-state index contributed by atoms with van der Waals surface area (Å²) in [5.41, 5.74) is 1.39. The van der Waals surface area contributed by atoms with Crippen molar-refractivity contribution >= 4 is 17.2 Å². The van der Waals surface area contributed by atoms with E-state index in [2.05, 4.69) is 25.3 Å². The van der Waals surface area contributed by atoms with Gasteiger partial charge in [0.1, 0.15) is 22.6 Å². The van der Waals surface area contributed by atoms with Gasteiger partial charge in [0.25, 0.3) is 11.5 Å². The second-order valence-corrected chi connectivity index (χ2v) is 7.18. The van der Waals surface area contributed by atoms with E-state index in [4.69, 9.17) is 4.63 Å². The molecule has 1 saturated heterocycles. The summed E-state index contributed by atoms with van der Waals surface area (Å²) < 4.78 is 4.76. The number of amides is 1. The summed E-state index contributed by atoms with van der Waals surface area (Å²) in [6, 6.07) is -0.242. The number of thiazole rings is 1. The van der Waals surface area contributed by atoms with E-state index in [1.807, 2.05) is 12.3 Å². The minimum absolute atomic E-state index is 0.00158. The number of carbonyl (C=O) groups excluding carboxylic acids is 1. The third-order valence-electron chi connectivity index (χ3n) is 4.41. The molecule has 9 nitrogen and oxygen atoms in total. The van der Waals surface area contributed by atoms with Crippen molar-refractivity contribution in [1.82, 2.24) is 30.2 Å². The van der Waals surface area contributed by atoms with Crippen molar-refractivity contribution in [2.24, 2.45) is 0 Å². The fourth-order valence-corrected chi connectivity index (χ4v) is 3.74. The maximum atomic E-state index is 12.9. The molecule has 1 amide bonds. The number of likely N-dealkylation sites (tertiary alicyclic amines) is 1. The normalized spacial score (nSPS) is 17.0. The Labute approximate surface area is 152 Å². The summed E-state index contributed by atoms with van der Waals surface area (Å²) in [4.78, 5) is 38.2. The first kappa shape index (κ1) is 16.6. The van der Waals surface area contributed by atoms with Gasteiger partial charge in [-0.2, -0.15) is 0 Å². The van der Waals surface area contributed by atoms with E-state index in [-0.39, 0.29) is 17.5 Å². The molecule has 4 heterocycles. The molecule has 0 aromatic carbocycles. The summed E-state index contributed by atoms with van der Waals surface area (Å²) >= 11 is 1.47. The second-order valence-electron chi connectivity index (χ2n) is 6.12. The van der Waals surface area contributed by atoms with Gasteiger partial charge in [0.05, 0.1) is 11.0 Å². The number of hydrogen-bond donors (Lipinski definition) is 1. The minimum Gasteiger partial charge on any atom is -0.330 e. The zero-order chi connectivity index (χ0) is 18.3. The number of carbonyl (C=O) groups is 1. The van der Waals surface area contributed by atoms with Crippen LogP contribution in [0, 0.1) is 13.8 Å². The summed E-state index contributed by atoms with van der Waals surface area (Å²) in [5, 5.41) is 10.4. The zero-order valence-electron chi connectivity index (χ0n) is 14.2. The van der Waals surface area contributed by atoms with Crippen LogP contribution in [0.1, 0.15) is 45.6 Å². The van der Waals surface area contributed by atoms with Crippen molar-refractivity contribution in [3.8, 4) is 11.5 Å². The first-order valence-corrected chi connectivity index (χ1v) is 9.04. The van der Waals surface area contributed by atoms with E-state index < -0.39 is 5.56 Å². The van der Waals surface area contributed by atoms with E-state index in [1.54, 1.807) is 11.8 Å². The number of aromatic nitrogens is 5. The Kier molecular flexibility index (Phi) is 4.11. The summed E-state index contributed by atoms with van der Waals surface area (Å²) in [6.45, 7) is 4.20. The number of hydrogen-bond acceptors (Lipinski definition) is 8. The minimum atomic E-state index is -0.480. The Morgan fingerprint density at radius 2 is 2.23 bits per heavy atom. The molecule has 10 heteroatoms. The third-order valence-corrected chi connectivity index (χ3v) is 5.18. The van der Waals surface area contributed by atoms with Crippen LogP contribution in [-0.2, 0) is 0 Å². The molecule has 26 heavy (non-hydrogen) atoms. The molecular weight excluding hydrogens is 356 g/mol. The fourth-order valence-electron chi connectivity index (χ4n) is 3.14. The predicted molar refractivity (Wildman–Crippen MR) is 92.7 cm³/mol. The maximum absolute atomic E-state index is 12.9. The topological polar surface area (TPSA) is 118 Å². The molecule has 3 aromatic rings. The van der Waals surface area contributed by atoms with Gasteiger partial charge >= 0.3 is 0 Å². The Morgan fingerprint density at radius 3 is 2.88 bits per heavy atom. The van der Waals surface area contributed by atoms with E-state index >= 15 is 0 Å². The highest BCUT2D eigenvalue weighted by Gasteiger charge is 2.35. The summed E-state index contributed by atoms with van der Waals surface area (Å²) in [6.07, 6.45) is 2.89. The van der Waals surface area contributed by atoms with Crippen LogP contribution in [0.5, 0.6) is 0 Å². The van der Waals surface area contributed by atoms with E-state index in [1.165, 1.54) is 17.5 Å². The lowest BCUT2D eigenvalue weighted by atomic mass is 10.1. The lowest BCUT2D eigenvalue weighted by Crippen LogP contribution is -2.35. The lowest BCUT2D eigenvalue weighted by molar-refractivity contribution is 0.0728. The Bertz CT molecular complexity index is 1020. The van der Waals surface area contributed by atoms with Crippen molar-refractivity contribution < 1.29 is 9.42 Å². The molecule has 0 aliphatic carbocycles. The molecule has 0 saturated carbocycles. The first-order valence-electron chi connectivity index (χ1n) is 8.16. The van der Waals surface area contributed by atoms with Crippen LogP contribution in [-0.4, -0.2) is 42.6 Å². The summed E-state index contributed by atoms with van der Waals surface area (Å²) in [7, 11) is 0. The van der Waals surface area contributed by atoms with Crippen LogP contribution in [0.25, 0.3) is 11.5 Å². The van der Waals surface area contributed by atoms with Crippen molar-refractivity contribution in [2.75, 3.05) is 6.54 Å². The van der Waals surface area contributed by atoms with E-state index in [0.29, 0.717) is 29.5 Å². The van der Waals surface area contributed by atoms with Crippen molar-refractivity contribution in [2.45, 2.75) is 32.7 Å². The van der Waals surface area contributed by atoms with E-state index in [9.17, 15) is 9.59 Å². The highest BCUT2D eigenvalue weighted by atomic mass is 32.1. The average molecular weight is 372 g/mol. The van der Waals surface area contributed by atoms with E-state index in [0.717, 1.165) is 17.8 Å². The van der Waals surface area contributed by atoms with Gasteiger partial charge in [0.2, 0.25) is 0 Å². The molecule has 1 aliphatic heterocycles. The number of rotatable bonds is 3. The molecule has 134 valence electrons. The molecule has 0 radical (unpaired) electrons. The molecule has 1 atom stereocenters. The van der Waals surface area contributed by atoms with Gasteiger partial charge in [-0.15, -0.1) is 11.3 Å². The van der Waals surface area contributed by atoms with Crippen LogP contribution in [0.3, 0.4) is 0 Å². The lowest BCUT2D eigenvalue weighted by Gasteiger charge is -2.22. The molecule has 0 bridgehead atoms. The van der Waals surface area contributed by atoms with Gasteiger partial charge in [-0.05, 0) is 26.7 Å². The zero-order valence-corrected chi connectivity index (χ0v) is 15.0. The molecule has 1 aliphatic rings. The highest BCUT2D eigenvalue weighted by molar-refractivity contribution is 7.09. The van der Waals surface area contributed by atoms with Gasteiger partial charge < -0.3 is 9.88 Å². The van der Waals surface area contributed by atoms with Gasteiger partial charge in [-0.3, -0.25) is 9.59 Å². The van der Waals surface area contributed by atoms with Crippen LogP contribution in [0.4, 0.5) is 0 Å².